The van der Waals surface area contributed by atoms with Crippen LogP contribution in [0.1, 0.15) is 35.9 Å². The highest BCUT2D eigenvalue weighted by atomic mass is 79.9. The SMILES string of the molecule is Cc1ccc(Br)cc1-c1ccc(C(=O)O)n1C(C)C. The molecule has 0 atom stereocenters. The molecule has 3 nitrogen and oxygen atoms in total. The van der Waals surface area contributed by atoms with Gasteiger partial charge in [-0.2, -0.15) is 0 Å². The maximum absolute atomic E-state index is 11.3. The molecule has 0 aliphatic heterocycles. The summed E-state index contributed by atoms with van der Waals surface area (Å²) in [6.45, 7) is 6.01. The summed E-state index contributed by atoms with van der Waals surface area (Å²) >= 11 is 3.47. The van der Waals surface area contributed by atoms with E-state index in [4.69, 9.17) is 0 Å². The van der Waals surface area contributed by atoms with Crippen LogP contribution in [0.3, 0.4) is 0 Å². The molecule has 1 N–H and O–H groups in total. The van der Waals surface area contributed by atoms with E-state index in [0.717, 1.165) is 21.3 Å². The molecule has 2 aromatic rings. The fourth-order valence-electron chi connectivity index (χ4n) is 2.27. The summed E-state index contributed by atoms with van der Waals surface area (Å²) in [6, 6.07) is 9.66. The molecule has 1 heterocycles. The van der Waals surface area contributed by atoms with Crippen molar-refractivity contribution in [1.82, 2.24) is 4.57 Å². The molecule has 100 valence electrons. The van der Waals surface area contributed by atoms with Crippen LogP contribution < -0.4 is 0 Å². The minimum atomic E-state index is -0.896. The van der Waals surface area contributed by atoms with Crippen molar-refractivity contribution >= 4 is 21.9 Å². The molecule has 19 heavy (non-hydrogen) atoms. The van der Waals surface area contributed by atoms with Crippen LogP contribution in [0.4, 0.5) is 0 Å². The average Bonchev–Trinajstić information content (AvgIpc) is 2.76. The second-order valence-corrected chi connectivity index (χ2v) is 5.75. The summed E-state index contributed by atoms with van der Waals surface area (Å²) in [5.41, 5.74) is 3.44. The molecule has 0 radical (unpaired) electrons. The number of hydrogen-bond acceptors (Lipinski definition) is 1. The summed E-state index contributed by atoms with van der Waals surface area (Å²) in [4.78, 5) is 11.3. The minimum absolute atomic E-state index is 0.0921. The van der Waals surface area contributed by atoms with Gasteiger partial charge in [-0.25, -0.2) is 4.79 Å². The molecule has 0 spiro atoms. The van der Waals surface area contributed by atoms with Crippen LogP contribution in [0.25, 0.3) is 11.3 Å². The van der Waals surface area contributed by atoms with E-state index in [1.54, 1.807) is 6.07 Å². The first-order chi connectivity index (χ1) is 8.91. The van der Waals surface area contributed by atoms with Crippen molar-refractivity contribution < 1.29 is 9.90 Å². The van der Waals surface area contributed by atoms with Crippen LogP contribution in [-0.4, -0.2) is 15.6 Å². The maximum atomic E-state index is 11.3. The second kappa shape index (κ2) is 5.21. The summed E-state index contributed by atoms with van der Waals surface area (Å²) in [5, 5.41) is 9.27. The van der Waals surface area contributed by atoms with Crippen LogP contribution >= 0.6 is 15.9 Å². The van der Waals surface area contributed by atoms with E-state index in [-0.39, 0.29) is 6.04 Å². The Morgan fingerprint density at radius 3 is 2.53 bits per heavy atom. The molecule has 2 rings (SSSR count). The maximum Gasteiger partial charge on any atom is 0.352 e. The zero-order valence-electron chi connectivity index (χ0n) is 11.1. The van der Waals surface area contributed by atoms with Gasteiger partial charge in [0.15, 0.2) is 0 Å². The molecule has 0 bridgehead atoms. The lowest BCUT2D eigenvalue weighted by Crippen LogP contribution is -2.11. The number of carboxylic acid groups (broad SMARTS) is 1. The Hall–Kier alpha value is -1.55. The molecule has 0 amide bonds. The van der Waals surface area contributed by atoms with Gasteiger partial charge in [-0.15, -0.1) is 0 Å². The minimum Gasteiger partial charge on any atom is -0.477 e. The Bertz CT molecular complexity index is 629. The van der Waals surface area contributed by atoms with Crippen molar-refractivity contribution in [3.05, 3.63) is 46.1 Å². The van der Waals surface area contributed by atoms with Gasteiger partial charge in [0, 0.05) is 21.8 Å². The van der Waals surface area contributed by atoms with Crippen LogP contribution in [0.15, 0.2) is 34.8 Å². The number of halogens is 1. The highest BCUT2D eigenvalue weighted by molar-refractivity contribution is 9.10. The fraction of sp³-hybridized carbons (Fsp3) is 0.267. The number of carbonyl (C=O) groups is 1. The summed E-state index contributed by atoms with van der Waals surface area (Å²) in [5.74, 6) is -0.896. The topological polar surface area (TPSA) is 42.2 Å². The molecule has 0 saturated carbocycles. The van der Waals surface area contributed by atoms with E-state index in [2.05, 4.69) is 15.9 Å². The number of rotatable bonds is 3. The van der Waals surface area contributed by atoms with Gasteiger partial charge in [-0.05, 0) is 50.6 Å². The van der Waals surface area contributed by atoms with Crippen molar-refractivity contribution in [2.24, 2.45) is 0 Å². The van der Waals surface area contributed by atoms with E-state index in [0.29, 0.717) is 5.69 Å². The van der Waals surface area contributed by atoms with E-state index in [9.17, 15) is 9.90 Å². The smallest absolute Gasteiger partial charge is 0.352 e. The van der Waals surface area contributed by atoms with Crippen molar-refractivity contribution in [3.63, 3.8) is 0 Å². The quantitative estimate of drug-likeness (QED) is 0.904. The molecule has 0 fully saturated rings. The number of nitrogens with zero attached hydrogens (tertiary/aromatic N) is 1. The van der Waals surface area contributed by atoms with Gasteiger partial charge in [0.1, 0.15) is 5.69 Å². The van der Waals surface area contributed by atoms with Gasteiger partial charge in [0.2, 0.25) is 0 Å². The van der Waals surface area contributed by atoms with Crippen molar-refractivity contribution in [3.8, 4) is 11.3 Å². The molecular weight excluding hydrogens is 306 g/mol. The lowest BCUT2D eigenvalue weighted by molar-refractivity contribution is 0.0683. The molecule has 0 aliphatic carbocycles. The summed E-state index contributed by atoms with van der Waals surface area (Å²) in [6.07, 6.45) is 0. The Morgan fingerprint density at radius 2 is 1.95 bits per heavy atom. The predicted octanol–water partition coefficient (Wildman–Crippen LogP) is 4.51. The zero-order chi connectivity index (χ0) is 14.2. The van der Waals surface area contributed by atoms with Gasteiger partial charge in [0.25, 0.3) is 0 Å². The molecule has 0 saturated heterocycles. The fourth-order valence-corrected chi connectivity index (χ4v) is 2.63. The van der Waals surface area contributed by atoms with Crippen LogP contribution in [0.5, 0.6) is 0 Å². The van der Waals surface area contributed by atoms with Crippen molar-refractivity contribution in [2.75, 3.05) is 0 Å². The van der Waals surface area contributed by atoms with E-state index in [1.807, 2.05) is 49.6 Å². The molecule has 0 unspecified atom stereocenters. The normalized spacial score (nSPS) is 11.0. The molecule has 0 aliphatic rings. The van der Waals surface area contributed by atoms with Crippen molar-refractivity contribution in [2.45, 2.75) is 26.8 Å². The summed E-state index contributed by atoms with van der Waals surface area (Å²) < 4.78 is 2.85. The van der Waals surface area contributed by atoms with Gasteiger partial charge < -0.3 is 9.67 Å². The lowest BCUT2D eigenvalue weighted by Gasteiger charge is -2.17. The third-order valence-electron chi connectivity index (χ3n) is 3.13. The molecule has 1 aromatic carbocycles. The summed E-state index contributed by atoms with van der Waals surface area (Å²) in [7, 11) is 0. The van der Waals surface area contributed by atoms with Crippen LogP contribution in [0, 0.1) is 6.92 Å². The number of aromatic nitrogens is 1. The predicted molar refractivity (Wildman–Crippen MR) is 79.6 cm³/mol. The van der Waals surface area contributed by atoms with Gasteiger partial charge >= 0.3 is 5.97 Å². The van der Waals surface area contributed by atoms with Crippen molar-refractivity contribution in [1.29, 1.82) is 0 Å². The van der Waals surface area contributed by atoms with E-state index < -0.39 is 5.97 Å². The van der Waals surface area contributed by atoms with Gasteiger partial charge in [-0.3, -0.25) is 0 Å². The lowest BCUT2D eigenvalue weighted by atomic mass is 10.1. The first kappa shape index (κ1) is 13.9. The number of hydrogen-bond donors (Lipinski definition) is 1. The number of aryl methyl sites for hydroxylation is 1. The largest absolute Gasteiger partial charge is 0.477 e. The highest BCUT2D eigenvalue weighted by Crippen LogP contribution is 2.31. The molecule has 4 heteroatoms. The Labute approximate surface area is 121 Å². The highest BCUT2D eigenvalue weighted by Gasteiger charge is 2.18. The Balaban J connectivity index is 2.69. The van der Waals surface area contributed by atoms with Gasteiger partial charge in [0.05, 0.1) is 0 Å². The third-order valence-corrected chi connectivity index (χ3v) is 3.62. The Morgan fingerprint density at radius 1 is 1.26 bits per heavy atom. The first-order valence-electron chi connectivity index (χ1n) is 6.13. The third kappa shape index (κ3) is 2.59. The average molecular weight is 322 g/mol. The number of benzene rings is 1. The van der Waals surface area contributed by atoms with E-state index in [1.165, 1.54) is 0 Å². The first-order valence-corrected chi connectivity index (χ1v) is 6.92. The number of carboxylic acids is 1. The molecule has 1 aromatic heterocycles. The zero-order valence-corrected chi connectivity index (χ0v) is 12.7. The Kier molecular flexibility index (Phi) is 3.80. The van der Waals surface area contributed by atoms with E-state index >= 15 is 0 Å². The van der Waals surface area contributed by atoms with Crippen LogP contribution in [-0.2, 0) is 0 Å². The number of aromatic carboxylic acids is 1. The second-order valence-electron chi connectivity index (χ2n) is 4.83. The standard InChI is InChI=1S/C15H16BrNO2/c1-9(2)17-13(6-7-14(17)15(18)19)12-8-11(16)5-4-10(12)3/h4-9H,1-3H3,(H,18,19). The van der Waals surface area contributed by atoms with Gasteiger partial charge in [-0.1, -0.05) is 22.0 Å². The van der Waals surface area contributed by atoms with Crippen LogP contribution in [0.2, 0.25) is 0 Å². The molecular formula is C15H16BrNO2. The monoisotopic (exact) mass is 321 g/mol.